The van der Waals surface area contributed by atoms with Gasteiger partial charge in [-0.3, -0.25) is 0 Å². The van der Waals surface area contributed by atoms with Crippen LogP contribution in [0.15, 0.2) is 54.6 Å². The first-order chi connectivity index (χ1) is 8.74. The van der Waals surface area contributed by atoms with Gasteiger partial charge in [0.25, 0.3) is 0 Å². The molecule has 0 aromatic heterocycles. The Bertz CT molecular complexity index is 487. The predicted molar refractivity (Wildman–Crippen MR) is 71.0 cm³/mol. The first-order valence-corrected chi connectivity index (χ1v) is 5.95. The molecule has 94 valence electrons. The minimum atomic E-state index is -0.490. The molecular weight excluding hydrogens is 229 g/mol. The summed E-state index contributed by atoms with van der Waals surface area (Å²) in [7, 11) is 0. The Hall–Kier alpha value is -1.87. The Labute approximate surface area is 106 Å². The molecule has 0 unspecified atom stereocenters. The Kier molecular flexibility index (Phi) is 4.31. The molecule has 2 rings (SSSR count). The van der Waals surface area contributed by atoms with E-state index in [9.17, 15) is 9.50 Å². The van der Waals surface area contributed by atoms with Crippen molar-refractivity contribution in [3.63, 3.8) is 0 Å². The molecule has 0 radical (unpaired) electrons. The van der Waals surface area contributed by atoms with E-state index in [-0.39, 0.29) is 5.82 Å². The van der Waals surface area contributed by atoms with Crippen LogP contribution in [0.25, 0.3) is 0 Å². The zero-order valence-electron chi connectivity index (χ0n) is 10.0. The fourth-order valence-electron chi connectivity index (χ4n) is 1.79. The molecule has 0 aliphatic rings. The SMILES string of the molecule is O[C@H](CNc1cccc(F)c1)Cc1ccccc1. The van der Waals surface area contributed by atoms with Gasteiger partial charge in [-0.05, 0) is 23.8 Å². The topological polar surface area (TPSA) is 32.3 Å². The minimum absolute atomic E-state index is 0.280. The maximum absolute atomic E-state index is 12.9. The molecule has 3 heteroatoms. The Balaban J connectivity index is 1.83. The average molecular weight is 245 g/mol. The fraction of sp³-hybridized carbons (Fsp3) is 0.200. The lowest BCUT2D eigenvalue weighted by Gasteiger charge is -2.12. The number of rotatable bonds is 5. The van der Waals surface area contributed by atoms with Crippen molar-refractivity contribution in [3.05, 3.63) is 66.0 Å². The second kappa shape index (κ2) is 6.17. The van der Waals surface area contributed by atoms with E-state index in [0.717, 1.165) is 5.56 Å². The molecule has 2 nitrogen and oxygen atoms in total. The van der Waals surface area contributed by atoms with Crippen LogP contribution in [0.1, 0.15) is 5.56 Å². The highest BCUT2D eigenvalue weighted by molar-refractivity contribution is 5.43. The first-order valence-electron chi connectivity index (χ1n) is 5.95. The zero-order valence-corrected chi connectivity index (χ0v) is 10.0. The summed E-state index contributed by atoms with van der Waals surface area (Å²) < 4.78 is 12.9. The van der Waals surface area contributed by atoms with Crippen molar-refractivity contribution in [2.75, 3.05) is 11.9 Å². The normalized spacial score (nSPS) is 12.1. The van der Waals surface area contributed by atoms with Crippen molar-refractivity contribution >= 4 is 5.69 Å². The largest absolute Gasteiger partial charge is 0.391 e. The number of nitrogens with one attached hydrogen (secondary N) is 1. The van der Waals surface area contributed by atoms with Crippen molar-refractivity contribution in [3.8, 4) is 0 Å². The summed E-state index contributed by atoms with van der Waals surface area (Å²) in [6.07, 6.45) is 0.0963. The van der Waals surface area contributed by atoms with Gasteiger partial charge in [0, 0.05) is 18.7 Å². The van der Waals surface area contributed by atoms with Crippen LogP contribution < -0.4 is 5.32 Å². The number of anilines is 1. The van der Waals surface area contributed by atoms with E-state index in [1.807, 2.05) is 30.3 Å². The molecule has 0 spiro atoms. The van der Waals surface area contributed by atoms with Crippen molar-refractivity contribution in [1.29, 1.82) is 0 Å². The average Bonchev–Trinajstić information content (AvgIpc) is 2.38. The molecule has 18 heavy (non-hydrogen) atoms. The maximum atomic E-state index is 12.9. The summed E-state index contributed by atoms with van der Waals surface area (Å²) in [5, 5.41) is 12.9. The van der Waals surface area contributed by atoms with Gasteiger partial charge in [-0.15, -0.1) is 0 Å². The summed E-state index contributed by atoms with van der Waals surface area (Å²) in [5.74, 6) is -0.280. The van der Waals surface area contributed by atoms with E-state index in [4.69, 9.17) is 0 Å². The molecule has 0 fully saturated rings. The van der Waals surface area contributed by atoms with Gasteiger partial charge in [-0.2, -0.15) is 0 Å². The highest BCUT2D eigenvalue weighted by Crippen LogP contribution is 2.10. The van der Waals surface area contributed by atoms with Crippen molar-refractivity contribution in [1.82, 2.24) is 0 Å². The van der Waals surface area contributed by atoms with E-state index in [1.165, 1.54) is 12.1 Å². The molecule has 1 atom stereocenters. The van der Waals surface area contributed by atoms with Gasteiger partial charge in [0.15, 0.2) is 0 Å². The third-order valence-electron chi connectivity index (χ3n) is 2.68. The summed E-state index contributed by atoms with van der Waals surface area (Å²) in [5.41, 5.74) is 1.77. The quantitative estimate of drug-likeness (QED) is 0.849. The molecule has 0 aliphatic carbocycles. The van der Waals surface area contributed by atoms with E-state index >= 15 is 0 Å². The third kappa shape index (κ3) is 3.86. The van der Waals surface area contributed by atoms with Crippen LogP contribution in [0.3, 0.4) is 0 Å². The molecule has 0 saturated carbocycles. The number of benzene rings is 2. The summed E-state index contributed by atoms with van der Waals surface area (Å²) in [6, 6.07) is 16.0. The Morgan fingerprint density at radius 1 is 1.06 bits per heavy atom. The molecule has 0 bridgehead atoms. The van der Waals surface area contributed by atoms with Crippen molar-refractivity contribution in [2.45, 2.75) is 12.5 Å². The predicted octanol–water partition coefficient (Wildman–Crippen LogP) is 2.84. The standard InChI is InChI=1S/C15H16FNO/c16-13-7-4-8-14(10-13)17-11-15(18)9-12-5-2-1-3-6-12/h1-8,10,15,17-18H,9,11H2/t15-/m0/s1. The molecule has 2 N–H and O–H groups in total. The lowest BCUT2D eigenvalue weighted by molar-refractivity contribution is 0.188. The van der Waals surface area contributed by atoms with Crippen LogP contribution in [0, 0.1) is 5.82 Å². The van der Waals surface area contributed by atoms with Gasteiger partial charge in [0.1, 0.15) is 5.82 Å². The second-order valence-corrected chi connectivity index (χ2v) is 4.23. The molecule has 0 saturated heterocycles. The number of aliphatic hydroxyl groups is 1. The zero-order chi connectivity index (χ0) is 12.8. The number of hydrogen-bond acceptors (Lipinski definition) is 2. The summed E-state index contributed by atoms with van der Waals surface area (Å²) in [6.45, 7) is 0.401. The van der Waals surface area contributed by atoms with Gasteiger partial charge in [-0.25, -0.2) is 4.39 Å². The molecule has 2 aromatic rings. The van der Waals surface area contributed by atoms with Crippen LogP contribution in [-0.2, 0) is 6.42 Å². The number of halogens is 1. The van der Waals surface area contributed by atoms with Gasteiger partial charge in [0.2, 0.25) is 0 Å². The number of aliphatic hydroxyl groups excluding tert-OH is 1. The van der Waals surface area contributed by atoms with Crippen LogP contribution in [0.5, 0.6) is 0 Å². The lowest BCUT2D eigenvalue weighted by Crippen LogP contribution is -2.21. The maximum Gasteiger partial charge on any atom is 0.125 e. The van der Waals surface area contributed by atoms with Crippen LogP contribution in [-0.4, -0.2) is 17.8 Å². The number of hydrogen-bond donors (Lipinski definition) is 2. The van der Waals surface area contributed by atoms with Crippen LogP contribution >= 0.6 is 0 Å². The molecule has 0 heterocycles. The molecule has 0 amide bonds. The highest BCUT2D eigenvalue weighted by Gasteiger charge is 2.05. The van der Waals surface area contributed by atoms with Gasteiger partial charge in [-0.1, -0.05) is 36.4 Å². The Morgan fingerprint density at radius 3 is 2.56 bits per heavy atom. The van der Waals surface area contributed by atoms with Gasteiger partial charge in [0.05, 0.1) is 6.10 Å². The minimum Gasteiger partial charge on any atom is -0.391 e. The highest BCUT2D eigenvalue weighted by atomic mass is 19.1. The second-order valence-electron chi connectivity index (χ2n) is 4.23. The third-order valence-corrected chi connectivity index (χ3v) is 2.68. The van der Waals surface area contributed by atoms with Crippen LogP contribution in [0.4, 0.5) is 10.1 Å². The van der Waals surface area contributed by atoms with E-state index in [0.29, 0.717) is 18.7 Å². The fourth-order valence-corrected chi connectivity index (χ4v) is 1.79. The molecule has 0 aliphatic heterocycles. The van der Waals surface area contributed by atoms with E-state index in [2.05, 4.69) is 5.32 Å². The first kappa shape index (κ1) is 12.6. The van der Waals surface area contributed by atoms with Gasteiger partial charge < -0.3 is 10.4 Å². The Morgan fingerprint density at radius 2 is 1.83 bits per heavy atom. The summed E-state index contributed by atoms with van der Waals surface area (Å²) >= 11 is 0. The van der Waals surface area contributed by atoms with Gasteiger partial charge >= 0.3 is 0 Å². The van der Waals surface area contributed by atoms with Crippen molar-refractivity contribution < 1.29 is 9.50 Å². The monoisotopic (exact) mass is 245 g/mol. The lowest BCUT2D eigenvalue weighted by atomic mass is 10.1. The molecular formula is C15H16FNO. The molecule has 2 aromatic carbocycles. The van der Waals surface area contributed by atoms with E-state index < -0.39 is 6.10 Å². The van der Waals surface area contributed by atoms with Crippen molar-refractivity contribution in [2.24, 2.45) is 0 Å². The van der Waals surface area contributed by atoms with Crippen LogP contribution in [0.2, 0.25) is 0 Å². The summed E-state index contributed by atoms with van der Waals surface area (Å²) in [4.78, 5) is 0. The van der Waals surface area contributed by atoms with E-state index in [1.54, 1.807) is 12.1 Å². The smallest absolute Gasteiger partial charge is 0.125 e.